The Balaban J connectivity index is 0.796. The number of thioether (sulfide) groups is 1. The fraction of sp³-hybridized carbons (Fsp3) is 0.409. The number of hydrogen-bond donors (Lipinski definition) is 2. The predicted molar refractivity (Wildman–Crippen MR) is 226 cm³/mol. The molecule has 8 rings (SSSR count). The SMILES string of the molecule is O=C(Nc1ccc(/C=C/c2ccc(NC(=O)[C@@H]3CCCN3C(=O)C3CC(=O)N(CC4CC=CS4)C3)cc2)cc1)[C@@H]1CCCN1C(=O)C1CC(=O)N(Cc2cccs2)C1. The molecule has 6 amide bonds. The van der Waals surface area contributed by atoms with E-state index >= 15 is 0 Å². The first-order valence-electron chi connectivity index (χ1n) is 20.2. The Hall–Kier alpha value is -5.21. The topological polar surface area (TPSA) is 139 Å². The van der Waals surface area contributed by atoms with Gasteiger partial charge in [0.2, 0.25) is 35.4 Å². The summed E-state index contributed by atoms with van der Waals surface area (Å²) in [7, 11) is 0. The second-order valence-corrected chi connectivity index (χ2v) is 18.0. The smallest absolute Gasteiger partial charge is 0.247 e. The maximum absolute atomic E-state index is 13.5. The number of nitrogens with one attached hydrogen (secondary N) is 2. The van der Waals surface area contributed by atoms with Crippen LogP contribution in [0.25, 0.3) is 12.2 Å². The van der Waals surface area contributed by atoms with Crippen LogP contribution in [0.3, 0.4) is 0 Å². The molecule has 4 fully saturated rings. The van der Waals surface area contributed by atoms with Crippen molar-refractivity contribution in [3.8, 4) is 0 Å². The third-order valence-electron chi connectivity index (χ3n) is 11.7. The van der Waals surface area contributed by atoms with Gasteiger partial charge in [-0.3, -0.25) is 28.8 Å². The second kappa shape index (κ2) is 17.7. The zero-order valence-electron chi connectivity index (χ0n) is 32.3. The van der Waals surface area contributed by atoms with Crippen molar-refractivity contribution in [3.05, 3.63) is 93.5 Å². The normalized spacial score (nSPS) is 24.4. The molecule has 2 N–H and O–H groups in total. The fourth-order valence-electron chi connectivity index (χ4n) is 8.66. The van der Waals surface area contributed by atoms with Gasteiger partial charge in [-0.1, -0.05) is 48.6 Å². The predicted octanol–water partition coefficient (Wildman–Crippen LogP) is 5.69. The quantitative estimate of drug-likeness (QED) is 0.224. The van der Waals surface area contributed by atoms with Gasteiger partial charge in [0, 0.05) is 67.1 Å². The third kappa shape index (κ3) is 9.07. The molecule has 0 saturated carbocycles. The fourth-order valence-corrected chi connectivity index (χ4v) is 10.3. The van der Waals surface area contributed by atoms with E-state index in [0.717, 1.165) is 35.3 Å². The van der Waals surface area contributed by atoms with Crippen LogP contribution in [0.5, 0.6) is 0 Å². The van der Waals surface area contributed by atoms with E-state index in [-0.39, 0.29) is 48.3 Å². The molecule has 12 nitrogen and oxygen atoms in total. The van der Waals surface area contributed by atoms with E-state index in [4.69, 9.17) is 0 Å². The maximum atomic E-state index is 13.5. The molecule has 4 saturated heterocycles. The van der Waals surface area contributed by atoms with Gasteiger partial charge >= 0.3 is 0 Å². The minimum absolute atomic E-state index is 0.0145. The van der Waals surface area contributed by atoms with Gasteiger partial charge in [0.25, 0.3) is 0 Å². The minimum Gasteiger partial charge on any atom is -0.341 e. The number of benzene rings is 2. The molecular weight excluding hydrogens is 773 g/mol. The summed E-state index contributed by atoms with van der Waals surface area (Å²) >= 11 is 3.32. The highest BCUT2D eigenvalue weighted by atomic mass is 32.2. The number of hydrogen-bond acceptors (Lipinski definition) is 8. The molecule has 5 atom stereocenters. The van der Waals surface area contributed by atoms with Crippen molar-refractivity contribution in [2.75, 3.05) is 43.4 Å². The van der Waals surface area contributed by atoms with E-state index in [0.29, 0.717) is 68.7 Å². The molecule has 0 spiro atoms. The minimum atomic E-state index is -0.570. The van der Waals surface area contributed by atoms with Gasteiger partial charge in [-0.15, -0.1) is 23.1 Å². The average molecular weight is 821 g/mol. The number of thiophene rings is 1. The number of nitrogens with zero attached hydrogens (tertiary/aromatic N) is 4. The lowest BCUT2D eigenvalue weighted by Gasteiger charge is -2.27. The van der Waals surface area contributed by atoms with Crippen molar-refractivity contribution in [3.63, 3.8) is 0 Å². The van der Waals surface area contributed by atoms with Crippen molar-refractivity contribution in [1.29, 1.82) is 0 Å². The molecule has 3 unspecified atom stereocenters. The summed E-state index contributed by atoms with van der Waals surface area (Å²) in [6.07, 6.45) is 10.0. The van der Waals surface area contributed by atoms with Gasteiger partial charge in [-0.05, 0) is 84.4 Å². The number of likely N-dealkylation sites (tertiary alicyclic amines) is 4. The number of rotatable bonds is 12. The summed E-state index contributed by atoms with van der Waals surface area (Å²) in [4.78, 5) is 87.1. The van der Waals surface area contributed by atoms with Crippen LogP contribution in [0, 0.1) is 11.8 Å². The number of anilines is 2. The summed E-state index contributed by atoms with van der Waals surface area (Å²) in [5.74, 6) is -1.53. The Bertz CT molecular complexity index is 2080. The first-order valence-corrected chi connectivity index (χ1v) is 22.0. The van der Waals surface area contributed by atoms with Crippen molar-refractivity contribution in [2.24, 2.45) is 11.8 Å². The monoisotopic (exact) mass is 820 g/mol. The molecule has 58 heavy (non-hydrogen) atoms. The summed E-state index contributed by atoms with van der Waals surface area (Å²) in [5, 5.41) is 10.4. The van der Waals surface area contributed by atoms with Gasteiger partial charge in [-0.2, -0.15) is 0 Å². The molecule has 6 heterocycles. The number of amides is 6. The highest BCUT2D eigenvalue weighted by Crippen LogP contribution is 2.31. The first kappa shape index (κ1) is 39.6. The highest BCUT2D eigenvalue weighted by Gasteiger charge is 2.43. The third-order valence-corrected chi connectivity index (χ3v) is 13.7. The Morgan fingerprint density at radius 2 is 1.24 bits per heavy atom. The van der Waals surface area contributed by atoms with Crippen LogP contribution < -0.4 is 10.6 Å². The molecule has 0 aliphatic carbocycles. The summed E-state index contributed by atoms with van der Waals surface area (Å²) in [5.41, 5.74) is 3.14. The van der Waals surface area contributed by atoms with Crippen LogP contribution in [0.4, 0.5) is 11.4 Å². The molecule has 2 aromatic carbocycles. The van der Waals surface area contributed by atoms with Gasteiger partial charge < -0.3 is 30.2 Å². The van der Waals surface area contributed by atoms with Crippen molar-refractivity contribution in [1.82, 2.24) is 19.6 Å². The molecular formula is C44H48N6O6S2. The van der Waals surface area contributed by atoms with Crippen LogP contribution in [0.2, 0.25) is 0 Å². The van der Waals surface area contributed by atoms with Crippen LogP contribution >= 0.6 is 23.1 Å². The van der Waals surface area contributed by atoms with E-state index in [1.807, 2.05) is 83.1 Å². The first-order chi connectivity index (χ1) is 28.2. The lowest BCUT2D eigenvalue weighted by molar-refractivity contribution is -0.140. The number of carbonyl (C=O) groups is 6. The molecule has 1 aromatic heterocycles. The van der Waals surface area contributed by atoms with Crippen LogP contribution in [0.1, 0.15) is 60.9 Å². The molecule has 0 radical (unpaired) electrons. The lowest BCUT2D eigenvalue weighted by Crippen LogP contribution is -2.46. The summed E-state index contributed by atoms with van der Waals surface area (Å²) < 4.78 is 0. The second-order valence-electron chi connectivity index (χ2n) is 15.8. The number of carbonyl (C=O) groups excluding carboxylic acids is 6. The zero-order valence-corrected chi connectivity index (χ0v) is 33.9. The molecule has 5 aliphatic rings. The molecule has 5 aliphatic heterocycles. The van der Waals surface area contributed by atoms with Gasteiger partial charge in [0.1, 0.15) is 12.1 Å². The van der Waals surface area contributed by atoms with Crippen molar-refractivity contribution in [2.45, 2.75) is 68.8 Å². The van der Waals surface area contributed by atoms with Gasteiger partial charge in [-0.25, -0.2) is 0 Å². The van der Waals surface area contributed by atoms with E-state index < -0.39 is 23.9 Å². The van der Waals surface area contributed by atoms with E-state index in [2.05, 4.69) is 22.1 Å². The van der Waals surface area contributed by atoms with Gasteiger partial charge in [0.05, 0.1) is 18.4 Å². The van der Waals surface area contributed by atoms with E-state index in [1.54, 1.807) is 37.8 Å². The Labute approximate surface area is 346 Å². The Morgan fingerprint density at radius 1 is 0.707 bits per heavy atom. The van der Waals surface area contributed by atoms with E-state index in [1.165, 1.54) is 0 Å². The van der Waals surface area contributed by atoms with Crippen LogP contribution in [-0.4, -0.2) is 105 Å². The molecule has 0 bridgehead atoms. The molecule has 3 aromatic rings. The largest absolute Gasteiger partial charge is 0.341 e. The summed E-state index contributed by atoms with van der Waals surface area (Å²) in [6.45, 7) is 2.97. The Kier molecular flexibility index (Phi) is 12.1. The average Bonchev–Trinajstić information content (AvgIpc) is 4.09. The zero-order chi connectivity index (χ0) is 40.2. The van der Waals surface area contributed by atoms with Crippen molar-refractivity contribution < 1.29 is 28.8 Å². The summed E-state index contributed by atoms with van der Waals surface area (Å²) in [6, 6.07) is 17.8. The lowest BCUT2D eigenvalue weighted by atomic mass is 10.1. The highest BCUT2D eigenvalue weighted by molar-refractivity contribution is 8.03. The Morgan fingerprint density at radius 3 is 1.74 bits per heavy atom. The van der Waals surface area contributed by atoms with Crippen molar-refractivity contribution >= 4 is 82.1 Å². The van der Waals surface area contributed by atoms with Crippen LogP contribution in [0.15, 0.2) is 77.5 Å². The van der Waals surface area contributed by atoms with E-state index in [9.17, 15) is 28.8 Å². The standard InChI is InChI=1S/C44H48N6O6S2/c51-39-23-31(25-47(39)27-35-5-3-21-57-35)43(55)49-19-1-7-37(49)41(53)45-33-15-11-29(12-16-33)9-10-30-13-17-34(18-14-30)46-42(54)38-8-2-20-50(38)44(56)32-24-40(52)48(26-32)28-36-6-4-22-58-36/h3-5,9-18,21-22,31-32,36-38H,1-2,6-8,19-20,23-28H2,(H,45,53)(H,46,54)/b10-9+/t31?,32?,36?,37-,38-/m0/s1. The molecule has 14 heteroatoms. The van der Waals surface area contributed by atoms with Gasteiger partial charge in [0.15, 0.2) is 0 Å². The maximum Gasteiger partial charge on any atom is 0.247 e. The van der Waals surface area contributed by atoms with Crippen LogP contribution in [-0.2, 0) is 35.3 Å². The molecule has 302 valence electrons. The number of allylic oxidation sites excluding steroid dienone is 1.